The van der Waals surface area contributed by atoms with Crippen molar-refractivity contribution in [3.8, 4) is 11.1 Å². The highest BCUT2D eigenvalue weighted by Gasteiger charge is 2.03. The fourth-order valence-corrected chi connectivity index (χ4v) is 1.76. The molecule has 3 heteroatoms. The van der Waals surface area contributed by atoms with Crippen LogP contribution >= 0.6 is 0 Å². The van der Waals surface area contributed by atoms with Gasteiger partial charge in [0.05, 0.1) is 6.20 Å². The second-order valence-electron chi connectivity index (χ2n) is 4.13. The molecule has 0 saturated heterocycles. The third kappa shape index (κ3) is 2.61. The number of aryl methyl sites for hydroxylation is 1. The van der Waals surface area contributed by atoms with Crippen molar-refractivity contribution >= 4 is 5.78 Å². The van der Waals surface area contributed by atoms with Crippen LogP contribution in [0.2, 0.25) is 0 Å². The molecule has 2 aromatic rings. The molecule has 0 spiro atoms. The van der Waals surface area contributed by atoms with E-state index >= 15 is 0 Å². The van der Waals surface area contributed by atoms with Gasteiger partial charge >= 0.3 is 0 Å². The van der Waals surface area contributed by atoms with E-state index in [0.29, 0.717) is 0 Å². The number of benzene rings is 1. The molecule has 0 aliphatic heterocycles. The topological polar surface area (TPSA) is 34.9 Å². The molecule has 88 valence electrons. The van der Waals surface area contributed by atoms with Crippen LogP contribution in [-0.2, 0) is 6.54 Å². The standard InChI is InChI=1S/C14H16N2O/c1-3-8-16-10-14(9-15-16)13-6-4-12(5-7-13)11(2)17/h4-7,9-10H,3,8H2,1-2H3. The Labute approximate surface area is 101 Å². The summed E-state index contributed by atoms with van der Waals surface area (Å²) in [6, 6.07) is 7.64. The van der Waals surface area contributed by atoms with Gasteiger partial charge in [0.1, 0.15) is 0 Å². The van der Waals surface area contributed by atoms with Gasteiger partial charge < -0.3 is 0 Å². The zero-order valence-electron chi connectivity index (χ0n) is 10.2. The zero-order chi connectivity index (χ0) is 12.3. The van der Waals surface area contributed by atoms with Crippen molar-refractivity contribution < 1.29 is 4.79 Å². The van der Waals surface area contributed by atoms with Gasteiger partial charge in [0, 0.05) is 23.9 Å². The Kier molecular flexibility index (Phi) is 3.38. The van der Waals surface area contributed by atoms with Crippen molar-refractivity contribution in [1.29, 1.82) is 0 Å². The first-order chi connectivity index (χ1) is 8.20. The highest BCUT2D eigenvalue weighted by molar-refractivity contribution is 5.94. The van der Waals surface area contributed by atoms with E-state index in [1.807, 2.05) is 41.3 Å². The summed E-state index contributed by atoms with van der Waals surface area (Å²) in [4.78, 5) is 11.2. The average molecular weight is 228 g/mol. The van der Waals surface area contributed by atoms with E-state index in [2.05, 4.69) is 12.0 Å². The van der Waals surface area contributed by atoms with Gasteiger partial charge in [-0.3, -0.25) is 9.48 Å². The maximum atomic E-state index is 11.2. The maximum absolute atomic E-state index is 11.2. The summed E-state index contributed by atoms with van der Waals surface area (Å²) in [5.41, 5.74) is 2.93. The number of carbonyl (C=O) groups is 1. The summed E-state index contributed by atoms with van der Waals surface area (Å²) >= 11 is 0. The van der Waals surface area contributed by atoms with E-state index in [1.54, 1.807) is 6.92 Å². The normalized spacial score (nSPS) is 10.5. The molecule has 2 rings (SSSR count). The molecule has 3 nitrogen and oxygen atoms in total. The van der Waals surface area contributed by atoms with Gasteiger partial charge in [-0.15, -0.1) is 0 Å². The van der Waals surface area contributed by atoms with E-state index < -0.39 is 0 Å². The van der Waals surface area contributed by atoms with Crippen molar-refractivity contribution in [2.24, 2.45) is 0 Å². The molecular formula is C14H16N2O. The Morgan fingerprint density at radius 1 is 1.24 bits per heavy atom. The highest BCUT2D eigenvalue weighted by atomic mass is 16.1. The highest BCUT2D eigenvalue weighted by Crippen LogP contribution is 2.19. The van der Waals surface area contributed by atoms with Crippen LogP contribution in [0, 0.1) is 0 Å². The molecule has 1 aromatic carbocycles. The Morgan fingerprint density at radius 3 is 2.53 bits per heavy atom. The minimum atomic E-state index is 0.0956. The SMILES string of the molecule is CCCn1cc(-c2ccc(C(C)=O)cc2)cn1. The van der Waals surface area contributed by atoms with Crippen molar-refractivity contribution in [2.75, 3.05) is 0 Å². The Morgan fingerprint density at radius 2 is 1.94 bits per heavy atom. The second kappa shape index (κ2) is 4.95. The average Bonchev–Trinajstić information content (AvgIpc) is 2.78. The van der Waals surface area contributed by atoms with Crippen molar-refractivity contribution in [3.05, 3.63) is 42.2 Å². The quantitative estimate of drug-likeness (QED) is 0.753. The minimum Gasteiger partial charge on any atom is -0.295 e. The number of ketones is 1. The Bertz CT molecular complexity index is 511. The summed E-state index contributed by atoms with van der Waals surface area (Å²) in [7, 11) is 0. The monoisotopic (exact) mass is 228 g/mol. The fourth-order valence-electron chi connectivity index (χ4n) is 1.76. The maximum Gasteiger partial charge on any atom is 0.159 e. The fraction of sp³-hybridized carbons (Fsp3) is 0.286. The van der Waals surface area contributed by atoms with E-state index in [1.165, 1.54) is 0 Å². The van der Waals surface area contributed by atoms with Crippen LogP contribution in [0.15, 0.2) is 36.7 Å². The van der Waals surface area contributed by atoms with Gasteiger partial charge in [0.2, 0.25) is 0 Å². The molecule has 0 unspecified atom stereocenters. The Hall–Kier alpha value is -1.90. The number of hydrogen-bond acceptors (Lipinski definition) is 2. The summed E-state index contributed by atoms with van der Waals surface area (Å²) in [6.07, 6.45) is 4.97. The largest absolute Gasteiger partial charge is 0.295 e. The lowest BCUT2D eigenvalue weighted by molar-refractivity contribution is 0.101. The molecule has 0 fully saturated rings. The number of hydrogen-bond donors (Lipinski definition) is 0. The first-order valence-electron chi connectivity index (χ1n) is 5.84. The predicted octanol–water partition coefficient (Wildman–Crippen LogP) is 3.16. The van der Waals surface area contributed by atoms with Crippen LogP contribution in [0.3, 0.4) is 0 Å². The summed E-state index contributed by atoms with van der Waals surface area (Å²) in [5, 5.41) is 4.29. The molecule has 0 saturated carbocycles. The van der Waals surface area contributed by atoms with Crippen LogP contribution < -0.4 is 0 Å². The number of Topliss-reactive ketones (excluding diaryl/α,β-unsaturated/α-hetero) is 1. The molecular weight excluding hydrogens is 212 g/mol. The lowest BCUT2D eigenvalue weighted by atomic mass is 10.1. The molecule has 0 atom stereocenters. The van der Waals surface area contributed by atoms with Crippen LogP contribution in [0.25, 0.3) is 11.1 Å². The summed E-state index contributed by atoms with van der Waals surface area (Å²) < 4.78 is 1.94. The molecule has 17 heavy (non-hydrogen) atoms. The molecule has 0 aliphatic carbocycles. The van der Waals surface area contributed by atoms with Gasteiger partial charge in [-0.2, -0.15) is 5.10 Å². The van der Waals surface area contributed by atoms with Crippen LogP contribution in [0.1, 0.15) is 30.6 Å². The van der Waals surface area contributed by atoms with E-state index in [4.69, 9.17) is 0 Å². The van der Waals surface area contributed by atoms with Gasteiger partial charge in [0.25, 0.3) is 0 Å². The van der Waals surface area contributed by atoms with Crippen molar-refractivity contribution in [2.45, 2.75) is 26.8 Å². The van der Waals surface area contributed by atoms with Crippen LogP contribution in [0.5, 0.6) is 0 Å². The van der Waals surface area contributed by atoms with Gasteiger partial charge in [-0.05, 0) is 18.9 Å². The number of rotatable bonds is 4. The van der Waals surface area contributed by atoms with Crippen LogP contribution in [-0.4, -0.2) is 15.6 Å². The van der Waals surface area contributed by atoms with Crippen LogP contribution in [0.4, 0.5) is 0 Å². The molecule has 0 N–H and O–H groups in total. The second-order valence-corrected chi connectivity index (χ2v) is 4.13. The zero-order valence-corrected chi connectivity index (χ0v) is 10.2. The van der Waals surface area contributed by atoms with Crippen molar-refractivity contribution in [1.82, 2.24) is 9.78 Å². The molecule has 0 amide bonds. The van der Waals surface area contributed by atoms with E-state index in [-0.39, 0.29) is 5.78 Å². The number of carbonyl (C=O) groups excluding carboxylic acids is 1. The smallest absolute Gasteiger partial charge is 0.159 e. The minimum absolute atomic E-state index is 0.0956. The number of nitrogens with zero attached hydrogens (tertiary/aromatic N) is 2. The third-order valence-electron chi connectivity index (χ3n) is 2.71. The molecule has 1 heterocycles. The molecule has 1 aromatic heterocycles. The summed E-state index contributed by atoms with van der Waals surface area (Å²) in [6.45, 7) is 4.64. The first kappa shape index (κ1) is 11.6. The molecule has 0 bridgehead atoms. The van der Waals surface area contributed by atoms with E-state index in [9.17, 15) is 4.79 Å². The third-order valence-corrected chi connectivity index (χ3v) is 2.71. The Balaban J connectivity index is 2.23. The summed E-state index contributed by atoms with van der Waals surface area (Å²) in [5.74, 6) is 0.0956. The van der Waals surface area contributed by atoms with Crippen molar-refractivity contribution in [3.63, 3.8) is 0 Å². The number of aromatic nitrogens is 2. The first-order valence-corrected chi connectivity index (χ1v) is 5.84. The lowest BCUT2D eigenvalue weighted by Crippen LogP contribution is -1.95. The predicted molar refractivity (Wildman–Crippen MR) is 68.0 cm³/mol. The molecule has 0 aliphatic rings. The van der Waals surface area contributed by atoms with E-state index in [0.717, 1.165) is 29.7 Å². The molecule has 0 radical (unpaired) electrons. The van der Waals surface area contributed by atoms with Gasteiger partial charge in [0.15, 0.2) is 5.78 Å². The van der Waals surface area contributed by atoms with Gasteiger partial charge in [-0.1, -0.05) is 31.2 Å². The van der Waals surface area contributed by atoms with Gasteiger partial charge in [-0.25, -0.2) is 0 Å². The lowest BCUT2D eigenvalue weighted by Gasteiger charge is -1.99.